The Balaban J connectivity index is 2.27. The molecular weight excluding hydrogens is 268 g/mol. The van der Waals surface area contributed by atoms with Gasteiger partial charge in [-0.3, -0.25) is 4.79 Å². The zero-order chi connectivity index (χ0) is 15.5. The molecule has 0 aliphatic heterocycles. The molecular formula is C16H22N2O3. The highest BCUT2D eigenvalue weighted by Gasteiger charge is 2.27. The molecule has 1 amide bonds. The van der Waals surface area contributed by atoms with Gasteiger partial charge in [0.15, 0.2) is 0 Å². The molecule has 1 atom stereocenters. The Morgan fingerprint density at radius 1 is 1.43 bits per heavy atom. The number of para-hydroxylation sites is 1. The van der Waals surface area contributed by atoms with E-state index in [0.717, 1.165) is 10.9 Å². The van der Waals surface area contributed by atoms with Gasteiger partial charge in [0, 0.05) is 31.7 Å². The van der Waals surface area contributed by atoms with Crippen molar-refractivity contribution >= 4 is 16.8 Å². The molecule has 5 nitrogen and oxygen atoms in total. The third-order valence-corrected chi connectivity index (χ3v) is 3.73. The van der Waals surface area contributed by atoms with E-state index in [1.54, 1.807) is 7.11 Å². The molecule has 0 bridgehead atoms. The number of nitrogens with zero attached hydrogens (tertiary/aromatic N) is 1. The van der Waals surface area contributed by atoms with Crippen LogP contribution in [0.25, 0.3) is 10.9 Å². The Hall–Kier alpha value is -1.85. The molecule has 2 aromatic rings. The number of nitrogens with one attached hydrogen (secondary N) is 1. The van der Waals surface area contributed by atoms with Crippen LogP contribution in [0, 0.1) is 0 Å². The predicted molar refractivity (Wildman–Crippen MR) is 82.4 cm³/mol. The number of aliphatic hydroxyl groups is 1. The van der Waals surface area contributed by atoms with Crippen molar-refractivity contribution in [1.29, 1.82) is 0 Å². The van der Waals surface area contributed by atoms with Crippen LogP contribution in [0.1, 0.15) is 23.8 Å². The molecule has 0 saturated heterocycles. The van der Waals surface area contributed by atoms with E-state index in [1.807, 2.05) is 48.9 Å². The molecule has 0 aliphatic rings. The fourth-order valence-electron chi connectivity index (χ4n) is 2.58. The second-order valence-electron chi connectivity index (χ2n) is 5.57. The topological polar surface area (TPSA) is 63.5 Å². The second kappa shape index (κ2) is 6.28. The Bertz CT molecular complexity index is 627. The lowest BCUT2D eigenvalue weighted by atomic mass is 9.99. The van der Waals surface area contributed by atoms with Gasteiger partial charge in [-0.1, -0.05) is 18.2 Å². The molecule has 1 heterocycles. The van der Waals surface area contributed by atoms with E-state index in [0.29, 0.717) is 18.7 Å². The summed E-state index contributed by atoms with van der Waals surface area (Å²) in [6.07, 6.45) is 0.441. The Kier molecular flexibility index (Phi) is 4.65. The van der Waals surface area contributed by atoms with Crippen LogP contribution in [-0.2, 0) is 11.8 Å². The first-order valence-electron chi connectivity index (χ1n) is 6.97. The number of aromatic nitrogens is 1. The second-order valence-corrected chi connectivity index (χ2v) is 5.57. The van der Waals surface area contributed by atoms with Crippen molar-refractivity contribution < 1.29 is 14.6 Å². The minimum absolute atomic E-state index is 0.00471. The molecule has 0 fully saturated rings. The van der Waals surface area contributed by atoms with Gasteiger partial charge in [0.05, 0.1) is 12.1 Å². The van der Waals surface area contributed by atoms with E-state index in [2.05, 4.69) is 5.32 Å². The Morgan fingerprint density at radius 2 is 2.14 bits per heavy atom. The summed E-state index contributed by atoms with van der Waals surface area (Å²) in [7, 11) is 3.45. The summed E-state index contributed by atoms with van der Waals surface area (Å²) < 4.78 is 7.02. The van der Waals surface area contributed by atoms with Crippen LogP contribution in [-0.4, -0.2) is 41.4 Å². The summed E-state index contributed by atoms with van der Waals surface area (Å²) in [5.74, 6) is -0.165. The van der Waals surface area contributed by atoms with Gasteiger partial charge in [-0.25, -0.2) is 0 Å². The smallest absolute Gasteiger partial charge is 0.268 e. The van der Waals surface area contributed by atoms with Gasteiger partial charge in [-0.15, -0.1) is 0 Å². The molecule has 21 heavy (non-hydrogen) atoms. The van der Waals surface area contributed by atoms with Gasteiger partial charge in [0.1, 0.15) is 5.69 Å². The van der Waals surface area contributed by atoms with Gasteiger partial charge < -0.3 is 19.7 Å². The molecule has 1 unspecified atom stereocenters. The number of rotatable bonds is 6. The molecule has 0 radical (unpaired) electrons. The maximum Gasteiger partial charge on any atom is 0.268 e. The highest BCUT2D eigenvalue weighted by Crippen LogP contribution is 2.19. The molecule has 1 aromatic heterocycles. The summed E-state index contributed by atoms with van der Waals surface area (Å²) in [5.41, 5.74) is 1.02. The van der Waals surface area contributed by atoms with Crippen LogP contribution in [0.5, 0.6) is 0 Å². The zero-order valence-electron chi connectivity index (χ0n) is 12.7. The van der Waals surface area contributed by atoms with Crippen LogP contribution in [0.2, 0.25) is 0 Å². The van der Waals surface area contributed by atoms with Gasteiger partial charge in [-0.2, -0.15) is 0 Å². The lowest BCUT2D eigenvalue weighted by Crippen LogP contribution is -2.50. The first-order valence-corrected chi connectivity index (χ1v) is 6.97. The van der Waals surface area contributed by atoms with E-state index in [-0.39, 0.29) is 12.5 Å². The van der Waals surface area contributed by atoms with Crippen molar-refractivity contribution in [3.8, 4) is 0 Å². The molecule has 114 valence electrons. The maximum atomic E-state index is 12.5. The van der Waals surface area contributed by atoms with E-state index in [4.69, 9.17) is 9.84 Å². The molecule has 2 N–H and O–H groups in total. The average molecular weight is 290 g/mol. The number of methoxy groups -OCH3 is 1. The fraction of sp³-hybridized carbons (Fsp3) is 0.438. The average Bonchev–Trinajstić information content (AvgIpc) is 2.77. The molecule has 1 aromatic carbocycles. The lowest BCUT2D eigenvalue weighted by Gasteiger charge is -2.29. The van der Waals surface area contributed by atoms with Crippen LogP contribution in [0.3, 0.4) is 0 Å². The van der Waals surface area contributed by atoms with Crippen LogP contribution < -0.4 is 5.32 Å². The molecule has 0 saturated carbocycles. The first kappa shape index (κ1) is 15.5. The summed E-state index contributed by atoms with van der Waals surface area (Å²) in [6, 6.07) is 9.73. The number of ether oxygens (including phenoxy) is 1. The highest BCUT2D eigenvalue weighted by atomic mass is 16.5. The summed E-state index contributed by atoms with van der Waals surface area (Å²) in [4.78, 5) is 12.5. The summed E-state index contributed by atoms with van der Waals surface area (Å²) in [6.45, 7) is 2.21. The summed E-state index contributed by atoms with van der Waals surface area (Å²) >= 11 is 0. The van der Waals surface area contributed by atoms with Crippen molar-refractivity contribution in [3.63, 3.8) is 0 Å². The predicted octanol–water partition coefficient (Wildman–Crippen LogP) is 1.70. The van der Waals surface area contributed by atoms with Crippen molar-refractivity contribution in [2.45, 2.75) is 18.9 Å². The van der Waals surface area contributed by atoms with E-state index >= 15 is 0 Å². The van der Waals surface area contributed by atoms with E-state index < -0.39 is 5.54 Å². The zero-order valence-corrected chi connectivity index (χ0v) is 12.7. The summed E-state index contributed by atoms with van der Waals surface area (Å²) in [5, 5.41) is 13.2. The van der Waals surface area contributed by atoms with Crippen LogP contribution in [0.15, 0.2) is 30.3 Å². The fourth-order valence-corrected chi connectivity index (χ4v) is 2.58. The first-order chi connectivity index (χ1) is 10.0. The van der Waals surface area contributed by atoms with Crippen molar-refractivity contribution in [2.75, 3.05) is 20.3 Å². The third-order valence-electron chi connectivity index (χ3n) is 3.73. The van der Waals surface area contributed by atoms with E-state index in [9.17, 15) is 4.79 Å². The maximum absolute atomic E-state index is 12.5. The van der Waals surface area contributed by atoms with Crippen molar-refractivity contribution in [3.05, 3.63) is 36.0 Å². The number of benzene rings is 1. The number of amides is 1. The number of fused-ring (bicyclic) bond motifs is 1. The number of aryl methyl sites for hydroxylation is 1. The van der Waals surface area contributed by atoms with Gasteiger partial charge >= 0.3 is 0 Å². The quantitative estimate of drug-likeness (QED) is 0.851. The standard InChI is InChI=1S/C16H22N2O3/c1-16(8-9-19,11-21-3)17-15(20)14-10-12-6-4-5-7-13(12)18(14)2/h4-7,10,19H,8-9,11H2,1-3H3,(H,17,20). The normalized spacial score (nSPS) is 14.1. The number of carbonyl (C=O) groups excluding carboxylic acids is 1. The van der Waals surface area contributed by atoms with Crippen LogP contribution >= 0.6 is 0 Å². The number of hydrogen-bond donors (Lipinski definition) is 2. The minimum atomic E-state index is -0.586. The highest BCUT2D eigenvalue weighted by molar-refractivity contribution is 5.99. The minimum Gasteiger partial charge on any atom is -0.396 e. The number of aliphatic hydroxyl groups excluding tert-OH is 1. The molecule has 0 aliphatic carbocycles. The number of hydrogen-bond acceptors (Lipinski definition) is 3. The monoisotopic (exact) mass is 290 g/mol. The van der Waals surface area contributed by atoms with Gasteiger partial charge in [0.2, 0.25) is 0 Å². The van der Waals surface area contributed by atoms with Crippen molar-refractivity contribution in [1.82, 2.24) is 9.88 Å². The van der Waals surface area contributed by atoms with Crippen molar-refractivity contribution in [2.24, 2.45) is 7.05 Å². The van der Waals surface area contributed by atoms with Gasteiger partial charge in [0.25, 0.3) is 5.91 Å². The van der Waals surface area contributed by atoms with Crippen LogP contribution in [0.4, 0.5) is 0 Å². The lowest BCUT2D eigenvalue weighted by molar-refractivity contribution is 0.0719. The van der Waals surface area contributed by atoms with E-state index in [1.165, 1.54) is 0 Å². The molecule has 0 spiro atoms. The molecule has 2 rings (SSSR count). The Morgan fingerprint density at radius 3 is 2.76 bits per heavy atom. The largest absolute Gasteiger partial charge is 0.396 e. The number of carbonyl (C=O) groups is 1. The SMILES string of the molecule is COCC(C)(CCO)NC(=O)c1cc2ccccc2n1C. The van der Waals surface area contributed by atoms with Gasteiger partial charge in [-0.05, 0) is 25.5 Å². The Labute approximate surface area is 124 Å². The third kappa shape index (κ3) is 3.25. The molecule has 5 heteroatoms.